The van der Waals surface area contributed by atoms with E-state index in [1.54, 1.807) is 0 Å². The van der Waals surface area contributed by atoms with Crippen LogP contribution in [-0.4, -0.2) is 19.7 Å². The molecule has 2 nitrogen and oxygen atoms in total. The highest BCUT2D eigenvalue weighted by atomic mass is 19.1. The highest BCUT2D eigenvalue weighted by Gasteiger charge is 2.29. The molecule has 0 aromatic heterocycles. The lowest BCUT2D eigenvalue weighted by Gasteiger charge is -2.19. The van der Waals surface area contributed by atoms with Crippen LogP contribution < -0.4 is 5.32 Å². The molecule has 1 fully saturated rings. The van der Waals surface area contributed by atoms with E-state index in [1.165, 1.54) is 12.1 Å². The van der Waals surface area contributed by atoms with Crippen LogP contribution in [0.25, 0.3) is 0 Å². The summed E-state index contributed by atoms with van der Waals surface area (Å²) in [5, 5.41) is 3.34. The van der Waals surface area contributed by atoms with Crippen molar-refractivity contribution in [2.45, 2.75) is 25.9 Å². The molecular weight excluding hydrogens is 236 g/mol. The minimum absolute atomic E-state index is 0.195. The monoisotopic (exact) mass is 255 g/mol. The second-order valence-corrected chi connectivity index (χ2v) is 4.75. The summed E-state index contributed by atoms with van der Waals surface area (Å²) in [6.07, 6.45) is 1.81. The first-order valence-electron chi connectivity index (χ1n) is 6.49. The third-order valence-corrected chi connectivity index (χ3v) is 3.26. The van der Waals surface area contributed by atoms with Crippen molar-refractivity contribution in [3.63, 3.8) is 0 Å². The normalized spacial score (nSPS) is 23.5. The van der Waals surface area contributed by atoms with Crippen LogP contribution in [0.3, 0.4) is 0 Å². The van der Waals surface area contributed by atoms with E-state index in [4.69, 9.17) is 4.74 Å². The van der Waals surface area contributed by atoms with Crippen LogP contribution >= 0.6 is 0 Å². The molecule has 1 aromatic carbocycles. The Hall–Kier alpha value is -1.00. The maximum Gasteiger partial charge on any atom is 0.126 e. The first-order valence-corrected chi connectivity index (χ1v) is 6.49. The van der Waals surface area contributed by atoms with Crippen LogP contribution in [0.1, 0.15) is 31.4 Å². The molecule has 2 atom stereocenters. The molecule has 2 unspecified atom stereocenters. The summed E-state index contributed by atoms with van der Waals surface area (Å²) in [6, 6.07) is 3.63. The minimum Gasteiger partial charge on any atom is -0.373 e. The van der Waals surface area contributed by atoms with Gasteiger partial charge in [0.25, 0.3) is 0 Å². The Kier molecular flexibility index (Phi) is 4.66. The highest BCUT2D eigenvalue weighted by Crippen LogP contribution is 2.34. The Bertz CT molecular complexity index is 377. The topological polar surface area (TPSA) is 21.3 Å². The second kappa shape index (κ2) is 6.25. The SMILES string of the molecule is CCCNCC1CCOC1c1cc(F)cc(F)c1. The van der Waals surface area contributed by atoms with Crippen molar-refractivity contribution in [3.05, 3.63) is 35.4 Å². The van der Waals surface area contributed by atoms with Gasteiger partial charge in [-0.05, 0) is 37.1 Å². The van der Waals surface area contributed by atoms with Gasteiger partial charge >= 0.3 is 0 Å². The van der Waals surface area contributed by atoms with E-state index in [0.29, 0.717) is 12.2 Å². The summed E-state index contributed by atoms with van der Waals surface area (Å²) < 4.78 is 32.0. The summed E-state index contributed by atoms with van der Waals surface area (Å²) in [6.45, 7) is 4.55. The van der Waals surface area contributed by atoms with Crippen LogP contribution in [0.2, 0.25) is 0 Å². The van der Waals surface area contributed by atoms with Gasteiger partial charge in [-0.25, -0.2) is 8.78 Å². The molecule has 2 rings (SSSR count). The lowest BCUT2D eigenvalue weighted by Crippen LogP contribution is -2.25. The summed E-state index contributed by atoms with van der Waals surface area (Å²) in [5.74, 6) is -0.792. The van der Waals surface area contributed by atoms with E-state index in [1.807, 2.05) is 0 Å². The number of rotatable bonds is 5. The minimum atomic E-state index is -0.541. The maximum absolute atomic E-state index is 13.2. The van der Waals surface area contributed by atoms with Crippen LogP contribution in [-0.2, 0) is 4.74 Å². The van der Waals surface area contributed by atoms with Gasteiger partial charge in [-0.15, -0.1) is 0 Å². The molecule has 100 valence electrons. The molecule has 0 amide bonds. The van der Waals surface area contributed by atoms with Gasteiger partial charge in [-0.3, -0.25) is 0 Å². The van der Waals surface area contributed by atoms with Gasteiger partial charge in [0.05, 0.1) is 6.10 Å². The number of ether oxygens (including phenoxy) is 1. The van der Waals surface area contributed by atoms with E-state index in [0.717, 1.165) is 32.0 Å². The molecule has 18 heavy (non-hydrogen) atoms. The summed E-state index contributed by atoms with van der Waals surface area (Å²) in [4.78, 5) is 0. The number of hydrogen-bond donors (Lipinski definition) is 1. The van der Waals surface area contributed by atoms with Crippen molar-refractivity contribution in [1.82, 2.24) is 5.32 Å². The molecule has 1 heterocycles. The fourth-order valence-corrected chi connectivity index (χ4v) is 2.41. The average Bonchev–Trinajstić information content (AvgIpc) is 2.76. The number of hydrogen-bond acceptors (Lipinski definition) is 2. The average molecular weight is 255 g/mol. The molecule has 1 N–H and O–H groups in total. The molecule has 4 heteroatoms. The van der Waals surface area contributed by atoms with Crippen LogP contribution in [0, 0.1) is 17.6 Å². The van der Waals surface area contributed by atoms with E-state index < -0.39 is 11.6 Å². The maximum atomic E-state index is 13.2. The Morgan fingerprint density at radius 2 is 2.00 bits per heavy atom. The second-order valence-electron chi connectivity index (χ2n) is 4.75. The fourth-order valence-electron chi connectivity index (χ4n) is 2.41. The van der Waals surface area contributed by atoms with E-state index >= 15 is 0 Å². The Morgan fingerprint density at radius 3 is 2.67 bits per heavy atom. The first kappa shape index (κ1) is 13.4. The predicted octanol–water partition coefficient (Wildman–Crippen LogP) is 3.04. The molecule has 1 aliphatic heterocycles. The lowest BCUT2D eigenvalue weighted by atomic mass is 9.95. The Balaban J connectivity index is 2.05. The van der Waals surface area contributed by atoms with Gasteiger partial charge < -0.3 is 10.1 Å². The Morgan fingerprint density at radius 1 is 1.28 bits per heavy atom. The summed E-state index contributed by atoms with van der Waals surface area (Å²) in [7, 11) is 0. The van der Waals surface area contributed by atoms with Gasteiger partial charge in [-0.1, -0.05) is 6.92 Å². The van der Waals surface area contributed by atoms with Gasteiger partial charge in [0.2, 0.25) is 0 Å². The number of benzene rings is 1. The van der Waals surface area contributed by atoms with Gasteiger partial charge in [-0.2, -0.15) is 0 Å². The van der Waals surface area contributed by atoms with Crippen LogP contribution in [0.5, 0.6) is 0 Å². The molecule has 0 radical (unpaired) electrons. The number of halogens is 2. The zero-order valence-corrected chi connectivity index (χ0v) is 10.6. The van der Waals surface area contributed by atoms with Gasteiger partial charge in [0.1, 0.15) is 11.6 Å². The largest absolute Gasteiger partial charge is 0.373 e. The Labute approximate surface area is 106 Å². The molecule has 0 spiro atoms. The zero-order chi connectivity index (χ0) is 13.0. The molecule has 0 aliphatic carbocycles. The lowest BCUT2D eigenvalue weighted by molar-refractivity contribution is 0.0900. The molecule has 1 aliphatic rings. The predicted molar refractivity (Wildman–Crippen MR) is 66.3 cm³/mol. The smallest absolute Gasteiger partial charge is 0.126 e. The van der Waals surface area contributed by atoms with Gasteiger partial charge in [0.15, 0.2) is 0 Å². The highest BCUT2D eigenvalue weighted by molar-refractivity contribution is 5.21. The number of nitrogens with one attached hydrogen (secondary N) is 1. The van der Waals surface area contributed by atoms with E-state index in [9.17, 15) is 8.78 Å². The van der Waals surface area contributed by atoms with E-state index in [-0.39, 0.29) is 12.0 Å². The van der Waals surface area contributed by atoms with Crippen molar-refractivity contribution in [2.75, 3.05) is 19.7 Å². The van der Waals surface area contributed by atoms with Crippen molar-refractivity contribution in [2.24, 2.45) is 5.92 Å². The quantitative estimate of drug-likeness (QED) is 0.816. The standard InChI is InChI=1S/C14H19F2NO/c1-2-4-17-9-10-3-5-18-14(10)11-6-12(15)8-13(16)7-11/h6-8,10,14,17H,2-5,9H2,1H3. The molecule has 0 saturated carbocycles. The fraction of sp³-hybridized carbons (Fsp3) is 0.571. The molecule has 0 bridgehead atoms. The molecule has 1 aromatic rings. The zero-order valence-electron chi connectivity index (χ0n) is 10.6. The first-order chi connectivity index (χ1) is 8.70. The van der Waals surface area contributed by atoms with Crippen molar-refractivity contribution < 1.29 is 13.5 Å². The van der Waals surface area contributed by atoms with Crippen molar-refractivity contribution >= 4 is 0 Å². The van der Waals surface area contributed by atoms with Crippen molar-refractivity contribution in [3.8, 4) is 0 Å². The third-order valence-electron chi connectivity index (χ3n) is 3.26. The summed E-state index contributed by atoms with van der Waals surface area (Å²) in [5.41, 5.74) is 0.605. The van der Waals surface area contributed by atoms with Crippen molar-refractivity contribution in [1.29, 1.82) is 0 Å². The van der Waals surface area contributed by atoms with Gasteiger partial charge in [0, 0.05) is 25.1 Å². The molecule has 1 saturated heterocycles. The third kappa shape index (κ3) is 3.27. The van der Waals surface area contributed by atoms with Crippen LogP contribution in [0.15, 0.2) is 18.2 Å². The summed E-state index contributed by atoms with van der Waals surface area (Å²) >= 11 is 0. The molecular formula is C14H19F2NO. The van der Waals surface area contributed by atoms with Crippen LogP contribution in [0.4, 0.5) is 8.78 Å². The van der Waals surface area contributed by atoms with E-state index in [2.05, 4.69) is 12.2 Å².